The highest BCUT2D eigenvalue weighted by molar-refractivity contribution is 9.09. The second-order valence-electron chi connectivity index (χ2n) is 4.50. The Morgan fingerprint density at radius 3 is 2.93 bits per heavy atom. The van der Waals surface area contributed by atoms with Gasteiger partial charge in [-0.05, 0) is 30.2 Å². The highest BCUT2D eigenvalue weighted by Gasteiger charge is 2.29. The van der Waals surface area contributed by atoms with E-state index in [0.717, 1.165) is 23.8 Å². The van der Waals surface area contributed by atoms with Gasteiger partial charge in [0.25, 0.3) is 0 Å². The van der Waals surface area contributed by atoms with E-state index in [9.17, 15) is 0 Å². The number of halogens is 1. The van der Waals surface area contributed by atoms with Crippen LogP contribution in [-0.2, 0) is 6.54 Å². The normalized spacial score (nSPS) is 18.3. The molecule has 0 aliphatic heterocycles. The Labute approximate surface area is 105 Å². The van der Waals surface area contributed by atoms with Crippen LogP contribution in [0.15, 0.2) is 17.5 Å². The summed E-state index contributed by atoms with van der Waals surface area (Å²) in [7, 11) is 0. The minimum atomic E-state index is 0.755. The van der Waals surface area contributed by atoms with Crippen LogP contribution in [0.3, 0.4) is 0 Å². The zero-order valence-corrected chi connectivity index (χ0v) is 11.6. The van der Waals surface area contributed by atoms with Crippen molar-refractivity contribution < 1.29 is 0 Å². The highest BCUT2D eigenvalue weighted by atomic mass is 79.9. The molecule has 1 saturated carbocycles. The van der Waals surface area contributed by atoms with Crippen molar-refractivity contribution >= 4 is 27.3 Å². The van der Waals surface area contributed by atoms with Crippen molar-refractivity contribution in [3.05, 3.63) is 22.4 Å². The molecule has 1 aliphatic carbocycles. The summed E-state index contributed by atoms with van der Waals surface area (Å²) in [6.07, 6.45) is 2.81. The summed E-state index contributed by atoms with van der Waals surface area (Å²) < 4.78 is 0. The third-order valence-electron chi connectivity index (χ3n) is 2.81. The minimum absolute atomic E-state index is 0.755. The van der Waals surface area contributed by atoms with Gasteiger partial charge in [0.05, 0.1) is 0 Å². The summed E-state index contributed by atoms with van der Waals surface area (Å²) in [6.45, 7) is 4.70. The molecule has 15 heavy (non-hydrogen) atoms. The predicted octanol–water partition coefficient (Wildman–Crippen LogP) is 3.74. The average molecular weight is 288 g/mol. The van der Waals surface area contributed by atoms with E-state index in [4.69, 9.17) is 0 Å². The van der Waals surface area contributed by atoms with Crippen LogP contribution >= 0.6 is 27.3 Å². The Morgan fingerprint density at radius 1 is 1.60 bits per heavy atom. The molecule has 3 heteroatoms. The van der Waals surface area contributed by atoms with Gasteiger partial charge in [0.15, 0.2) is 0 Å². The predicted molar refractivity (Wildman–Crippen MR) is 70.7 cm³/mol. The van der Waals surface area contributed by atoms with Gasteiger partial charge >= 0.3 is 0 Å². The molecule has 0 aromatic carbocycles. The quantitative estimate of drug-likeness (QED) is 0.721. The Kier molecular flexibility index (Phi) is 4.23. The number of hydrogen-bond donors (Lipinski definition) is 0. The second-order valence-corrected chi connectivity index (χ2v) is 6.18. The summed E-state index contributed by atoms with van der Waals surface area (Å²) in [5, 5.41) is 3.29. The molecule has 1 unspecified atom stereocenters. The lowest BCUT2D eigenvalue weighted by atomic mass is 10.2. The minimum Gasteiger partial charge on any atom is -0.295 e. The Morgan fingerprint density at radius 2 is 2.40 bits per heavy atom. The van der Waals surface area contributed by atoms with Crippen molar-refractivity contribution in [2.75, 3.05) is 11.9 Å². The van der Waals surface area contributed by atoms with E-state index >= 15 is 0 Å². The fourth-order valence-corrected chi connectivity index (χ4v) is 2.77. The van der Waals surface area contributed by atoms with E-state index in [0.29, 0.717) is 0 Å². The molecule has 1 nitrogen and oxygen atoms in total. The fourth-order valence-electron chi connectivity index (χ4n) is 1.83. The molecule has 84 valence electrons. The van der Waals surface area contributed by atoms with Crippen LogP contribution < -0.4 is 0 Å². The van der Waals surface area contributed by atoms with Crippen LogP contribution in [0.2, 0.25) is 0 Å². The van der Waals surface area contributed by atoms with Crippen molar-refractivity contribution in [1.82, 2.24) is 4.90 Å². The van der Waals surface area contributed by atoms with Gasteiger partial charge in [-0.1, -0.05) is 28.9 Å². The average Bonchev–Trinajstić information content (AvgIpc) is 2.97. The third-order valence-corrected chi connectivity index (χ3v) is 4.78. The number of rotatable bonds is 6. The van der Waals surface area contributed by atoms with Crippen molar-refractivity contribution in [2.45, 2.75) is 32.4 Å². The molecule has 1 atom stereocenters. The molecular formula is C12H18BrNS. The molecule has 1 aromatic heterocycles. The molecule has 0 bridgehead atoms. The van der Waals surface area contributed by atoms with E-state index in [1.165, 1.54) is 24.3 Å². The van der Waals surface area contributed by atoms with Gasteiger partial charge in [-0.2, -0.15) is 0 Å². The molecule has 0 N–H and O–H groups in total. The van der Waals surface area contributed by atoms with Crippen LogP contribution in [0.4, 0.5) is 0 Å². The molecule has 0 saturated heterocycles. The van der Waals surface area contributed by atoms with Gasteiger partial charge in [0.1, 0.15) is 0 Å². The van der Waals surface area contributed by atoms with Gasteiger partial charge < -0.3 is 0 Å². The number of thiophene rings is 1. The van der Waals surface area contributed by atoms with Crippen molar-refractivity contribution in [3.63, 3.8) is 0 Å². The topological polar surface area (TPSA) is 3.24 Å². The molecule has 0 amide bonds. The van der Waals surface area contributed by atoms with Crippen LogP contribution in [0.1, 0.15) is 24.6 Å². The molecule has 1 aliphatic rings. The van der Waals surface area contributed by atoms with Gasteiger partial charge in [-0.15, -0.1) is 11.3 Å². The first-order valence-corrected chi connectivity index (χ1v) is 7.62. The largest absolute Gasteiger partial charge is 0.295 e. The molecule has 0 spiro atoms. The second kappa shape index (κ2) is 5.46. The first-order valence-electron chi connectivity index (χ1n) is 5.62. The van der Waals surface area contributed by atoms with E-state index in [-0.39, 0.29) is 0 Å². The van der Waals surface area contributed by atoms with E-state index in [2.05, 4.69) is 45.3 Å². The summed E-state index contributed by atoms with van der Waals surface area (Å²) in [5.41, 5.74) is 0. The molecular weight excluding hydrogens is 270 g/mol. The standard InChI is InChI=1S/C12H18BrNS/c1-10(7-13)8-14(11-4-5-11)9-12-3-2-6-15-12/h2-3,6,10-11H,4-5,7-9H2,1H3. The summed E-state index contributed by atoms with van der Waals surface area (Å²) >= 11 is 5.44. The van der Waals surface area contributed by atoms with E-state index < -0.39 is 0 Å². The maximum Gasteiger partial charge on any atom is 0.0330 e. The summed E-state index contributed by atoms with van der Waals surface area (Å²) in [4.78, 5) is 4.15. The van der Waals surface area contributed by atoms with Crippen LogP contribution in [0, 0.1) is 5.92 Å². The zero-order chi connectivity index (χ0) is 10.7. The summed E-state index contributed by atoms with van der Waals surface area (Å²) in [5.74, 6) is 0.755. The lowest BCUT2D eigenvalue weighted by Crippen LogP contribution is -2.30. The Hall–Kier alpha value is 0.140. The maximum atomic E-state index is 3.57. The van der Waals surface area contributed by atoms with Crippen molar-refractivity contribution in [2.24, 2.45) is 5.92 Å². The SMILES string of the molecule is CC(CBr)CN(Cc1cccs1)C1CC1. The van der Waals surface area contributed by atoms with E-state index in [1.807, 2.05) is 11.3 Å². The first-order chi connectivity index (χ1) is 7.29. The lowest BCUT2D eigenvalue weighted by molar-refractivity contribution is 0.230. The van der Waals surface area contributed by atoms with E-state index in [1.54, 1.807) is 0 Å². The number of nitrogens with zero attached hydrogens (tertiary/aromatic N) is 1. The third kappa shape index (κ3) is 3.58. The van der Waals surface area contributed by atoms with Gasteiger partial charge in [-0.25, -0.2) is 0 Å². The molecule has 1 fully saturated rings. The Bertz CT molecular complexity index is 282. The zero-order valence-electron chi connectivity index (χ0n) is 9.16. The first kappa shape index (κ1) is 11.6. The summed E-state index contributed by atoms with van der Waals surface area (Å²) in [6, 6.07) is 5.27. The van der Waals surface area contributed by atoms with Crippen molar-refractivity contribution in [1.29, 1.82) is 0 Å². The number of alkyl halides is 1. The van der Waals surface area contributed by atoms with Crippen LogP contribution in [-0.4, -0.2) is 22.8 Å². The van der Waals surface area contributed by atoms with Gasteiger partial charge in [0, 0.05) is 29.3 Å². The maximum absolute atomic E-state index is 3.57. The fraction of sp³-hybridized carbons (Fsp3) is 0.667. The van der Waals surface area contributed by atoms with Crippen LogP contribution in [0.25, 0.3) is 0 Å². The van der Waals surface area contributed by atoms with Gasteiger partial charge in [0.2, 0.25) is 0 Å². The molecule has 2 rings (SSSR count). The Balaban J connectivity index is 1.88. The lowest BCUT2D eigenvalue weighted by Gasteiger charge is -2.24. The molecule has 1 heterocycles. The van der Waals surface area contributed by atoms with Crippen molar-refractivity contribution in [3.8, 4) is 0 Å². The highest BCUT2D eigenvalue weighted by Crippen LogP contribution is 2.29. The van der Waals surface area contributed by atoms with Gasteiger partial charge in [-0.3, -0.25) is 4.90 Å². The monoisotopic (exact) mass is 287 g/mol. The molecule has 0 radical (unpaired) electrons. The smallest absolute Gasteiger partial charge is 0.0330 e. The van der Waals surface area contributed by atoms with Crippen LogP contribution in [0.5, 0.6) is 0 Å². The number of hydrogen-bond acceptors (Lipinski definition) is 2. The molecule has 1 aromatic rings.